The van der Waals surface area contributed by atoms with E-state index in [1.165, 1.54) is 42.6 Å². The van der Waals surface area contributed by atoms with E-state index in [0.717, 1.165) is 0 Å². The van der Waals surface area contributed by atoms with Crippen molar-refractivity contribution >= 4 is 11.9 Å². The van der Waals surface area contributed by atoms with Gasteiger partial charge in [-0.1, -0.05) is 12.1 Å². The topological polar surface area (TPSA) is 74.6 Å². The Morgan fingerprint density at radius 1 is 1.00 bits per heavy atom. The molecule has 5 heteroatoms. The first kappa shape index (κ1) is 15.8. The number of hydrogen-bond donors (Lipinski definition) is 2. The Morgan fingerprint density at radius 2 is 1.24 bits per heavy atom. The van der Waals surface area contributed by atoms with Gasteiger partial charge in [-0.05, 0) is 12.1 Å². The van der Waals surface area contributed by atoms with Gasteiger partial charge in [0.15, 0.2) is 0 Å². The Morgan fingerprint density at radius 3 is 1.41 bits per heavy atom. The van der Waals surface area contributed by atoms with E-state index in [-0.39, 0.29) is 11.1 Å². The first-order valence-electron chi connectivity index (χ1n) is 5.04. The van der Waals surface area contributed by atoms with Crippen molar-refractivity contribution in [3.63, 3.8) is 0 Å². The van der Waals surface area contributed by atoms with Crippen LogP contribution in [0.1, 0.15) is 41.5 Å². The Labute approximate surface area is 110 Å². The van der Waals surface area contributed by atoms with Gasteiger partial charge >= 0.3 is 55.0 Å². The third kappa shape index (κ3) is 7.64. The number of rotatable bonds is 2. The Bertz CT molecular complexity index is 368. The molecule has 0 aliphatic carbocycles. The van der Waals surface area contributed by atoms with E-state index < -0.39 is 11.9 Å². The summed E-state index contributed by atoms with van der Waals surface area (Å²) in [6, 6.07) is 5.48. The second kappa shape index (κ2) is 6.50. The molecule has 0 atom stereocenters. The molecule has 1 aromatic carbocycles. The van der Waals surface area contributed by atoms with Crippen LogP contribution < -0.4 is 0 Å². The van der Waals surface area contributed by atoms with Gasteiger partial charge in [0.1, 0.15) is 0 Å². The van der Waals surface area contributed by atoms with Gasteiger partial charge in [0.2, 0.25) is 0 Å². The molecule has 0 aliphatic rings. The molecule has 0 amide bonds. The molecule has 0 fully saturated rings. The SMILES string of the molecule is C[C](C)(C)[Zn].O=C(O)c1ccccc1C(=O)O. The van der Waals surface area contributed by atoms with Gasteiger partial charge in [0.05, 0.1) is 11.1 Å². The molecule has 89 valence electrons. The first-order chi connectivity index (χ1) is 7.63. The maximum absolute atomic E-state index is 10.5. The Balaban J connectivity index is 0.000000437. The average molecular weight is 289 g/mol. The van der Waals surface area contributed by atoms with Crippen molar-refractivity contribution in [2.24, 2.45) is 0 Å². The first-order valence-corrected chi connectivity index (χ1v) is 6.52. The third-order valence-electron chi connectivity index (χ3n) is 1.39. The van der Waals surface area contributed by atoms with E-state index in [9.17, 15) is 9.59 Å². The van der Waals surface area contributed by atoms with E-state index in [4.69, 9.17) is 10.2 Å². The van der Waals surface area contributed by atoms with Crippen molar-refractivity contribution in [2.45, 2.75) is 24.8 Å². The number of aromatic carboxylic acids is 2. The van der Waals surface area contributed by atoms with Crippen LogP contribution in [0.25, 0.3) is 0 Å². The summed E-state index contributed by atoms with van der Waals surface area (Å²) in [5.41, 5.74) is -0.380. The van der Waals surface area contributed by atoms with Gasteiger partial charge in [-0.15, -0.1) is 0 Å². The summed E-state index contributed by atoms with van der Waals surface area (Å²) in [5, 5.41) is 17.1. The van der Waals surface area contributed by atoms with Crippen LogP contribution in [0.4, 0.5) is 0 Å². The van der Waals surface area contributed by atoms with Crippen molar-refractivity contribution in [2.75, 3.05) is 0 Å². The zero-order valence-electron chi connectivity index (χ0n) is 10.2. The van der Waals surface area contributed by atoms with E-state index in [0.29, 0.717) is 4.01 Å². The molecule has 0 heterocycles. The smallest absolute Gasteiger partial charge is 0.336 e. The van der Waals surface area contributed by atoms with Crippen LogP contribution in [-0.4, -0.2) is 22.2 Å². The molecule has 0 spiro atoms. The van der Waals surface area contributed by atoms with Crippen molar-refractivity contribution in [3.8, 4) is 0 Å². The molecule has 17 heavy (non-hydrogen) atoms. The molecular weight excluding hydrogens is 274 g/mol. The van der Waals surface area contributed by atoms with E-state index in [1.54, 1.807) is 0 Å². The van der Waals surface area contributed by atoms with Crippen LogP contribution in [0.2, 0.25) is 4.01 Å². The van der Waals surface area contributed by atoms with E-state index in [1.807, 2.05) is 0 Å². The minimum absolute atomic E-state index is 0.190. The fourth-order valence-electron chi connectivity index (χ4n) is 0.856. The molecule has 1 aromatic rings. The summed E-state index contributed by atoms with van der Waals surface area (Å²) in [6.07, 6.45) is 0. The number of hydrogen-bond acceptors (Lipinski definition) is 2. The predicted molar refractivity (Wildman–Crippen MR) is 60.1 cm³/mol. The minimum Gasteiger partial charge on any atom is -0.478 e. The molecule has 0 aromatic heterocycles. The number of benzene rings is 1. The maximum atomic E-state index is 10.5. The number of carboxylic acids is 2. The fourth-order valence-corrected chi connectivity index (χ4v) is 0.856. The maximum Gasteiger partial charge on any atom is 0.336 e. The second-order valence-electron chi connectivity index (χ2n) is 4.72. The van der Waals surface area contributed by atoms with Crippen molar-refractivity contribution in [1.82, 2.24) is 0 Å². The molecule has 2 N–H and O–H groups in total. The van der Waals surface area contributed by atoms with Crippen molar-refractivity contribution in [3.05, 3.63) is 35.4 Å². The molecular formula is C12H15O4Zn. The normalized spacial score (nSPS) is 10.2. The van der Waals surface area contributed by atoms with E-state index >= 15 is 0 Å². The molecule has 0 radical (unpaired) electrons. The molecule has 0 saturated heterocycles. The van der Waals surface area contributed by atoms with Crippen LogP contribution >= 0.6 is 0 Å². The largest absolute Gasteiger partial charge is 0.478 e. The van der Waals surface area contributed by atoms with Gasteiger partial charge in [-0.3, -0.25) is 0 Å². The summed E-state index contributed by atoms with van der Waals surface area (Å²) >= 11 is 1.40. The third-order valence-corrected chi connectivity index (χ3v) is 1.39. The van der Waals surface area contributed by atoms with Crippen LogP contribution in [-0.2, 0) is 18.3 Å². The summed E-state index contributed by atoms with van der Waals surface area (Å²) in [7, 11) is 0. The predicted octanol–water partition coefficient (Wildman–Crippen LogP) is 2.83. The van der Waals surface area contributed by atoms with Gasteiger partial charge in [0.25, 0.3) is 0 Å². The average Bonchev–Trinajstić information content (AvgIpc) is 2.15. The monoisotopic (exact) mass is 287 g/mol. The minimum atomic E-state index is -1.23. The molecule has 0 aliphatic heterocycles. The summed E-state index contributed by atoms with van der Waals surface area (Å²) in [6.45, 7) is 6.73. The zero-order valence-corrected chi connectivity index (χ0v) is 13.2. The fraction of sp³-hybridized carbons (Fsp3) is 0.333. The standard InChI is InChI=1S/C8H6O4.C4H9.Zn/c9-7(10)5-3-1-2-4-6(5)8(11)12;1-4(2)3;/h1-4H,(H,9,10)(H,11,12);1-3H3;. The summed E-state index contributed by atoms with van der Waals surface area (Å²) < 4.78 is 0.625. The van der Waals surface area contributed by atoms with Crippen molar-refractivity contribution in [1.29, 1.82) is 0 Å². The number of carbonyl (C=O) groups is 2. The summed E-state index contributed by atoms with van der Waals surface area (Å²) in [5.74, 6) is -2.46. The summed E-state index contributed by atoms with van der Waals surface area (Å²) in [4.78, 5) is 20.9. The molecule has 0 saturated carbocycles. The molecule has 1 rings (SSSR count). The van der Waals surface area contributed by atoms with Crippen LogP contribution in [0.15, 0.2) is 24.3 Å². The van der Waals surface area contributed by atoms with Gasteiger partial charge < -0.3 is 10.2 Å². The van der Waals surface area contributed by atoms with Gasteiger partial charge in [-0.2, -0.15) is 0 Å². The zero-order chi connectivity index (χ0) is 13.6. The van der Waals surface area contributed by atoms with Gasteiger partial charge in [0, 0.05) is 0 Å². The van der Waals surface area contributed by atoms with Crippen LogP contribution in [0, 0.1) is 0 Å². The number of carboxylic acid groups (broad SMARTS) is 2. The Kier molecular flexibility index (Phi) is 6.04. The van der Waals surface area contributed by atoms with Crippen LogP contribution in [0.5, 0.6) is 0 Å². The quantitative estimate of drug-likeness (QED) is 0.821. The molecule has 0 bridgehead atoms. The Hall–Kier alpha value is -1.22. The van der Waals surface area contributed by atoms with Crippen LogP contribution in [0.3, 0.4) is 0 Å². The van der Waals surface area contributed by atoms with E-state index in [2.05, 4.69) is 20.8 Å². The molecule has 0 unspecified atom stereocenters. The van der Waals surface area contributed by atoms with Crippen molar-refractivity contribution < 1.29 is 38.1 Å². The van der Waals surface area contributed by atoms with Gasteiger partial charge in [-0.25, -0.2) is 9.59 Å². The molecule has 4 nitrogen and oxygen atoms in total. The second-order valence-corrected chi connectivity index (χ2v) is 9.17.